The van der Waals surface area contributed by atoms with E-state index in [1.54, 1.807) is 4.68 Å². The van der Waals surface area contributed by atoms with Gasteiger partial charge in [0.1, 0.15) is 0 Å². The zero-order chi connectivity index (χ0) is 8.10. The van der Waals surface area contributed by atoms with Gasteiger partial charge in [-0.1, -0.05) is 5.92 Å². The number of hydrogen-bond donors (Lipinski definition) is 1. The molecule has 1 aromatic heterocycles. The van der Waals surface area contributed by atoms with Gasteiger partial charge in [-0.05, 0) is 6.07 Å². The van der Waals surface area contributed by atoms with Crippen LogP contribution in [0.2, 0.25) is 0 Å². The van der Waals surface area contributed by atoms with Crippen molar-refractivity contribution in [3.63, 3.8) is 0 Å². The molecule has 0 aromatic carbocycles. The fraction of sp³-hybridized carbons (Fsp3) is 0.375. The molecule has 0 aliphatic heterocycles. The maximum atomic E-state index is 5.06. The van der Waals surface area contributed by atoms with E-state index in [2.05, 4.69) is 16.3 Å². The van der Waals surface area contributed by atoms with Crippen LogP contribution in [-0.4, -0.2) is 16.3 Å². The lowest BCUT2D eigenvalue weighted by molar-refractivity contribution is 0.697. The van der Waals surface area contributed by atoms with Gasteiger partial charge in [0.25, 0.3) is 0 Å². The van der Waals surface area contributed by atoms with Crippen LogP contribution >= 0.6 is 0 Å². The minimum absolute atomic E-state index is 0.594. The Morgan fingerprint density at radius 3 is 3.18 bits per heavy atom. The van der Waals surface area contributed by atoms with E-state index < -0.39 is 0 Å². The number of rotatable bonds is 3. The Bertz CT molecular complexity index is 257. The molecule has 0 saturated heterocycles. The summed E-state index contributed by atoms with van der Waals surface area (Å²) in [7, 11) is 1.89. The number of aryl methyl sites for hydroxylation is 1. The second kappa shape index (κ2) is 3.79. The first-order valence-electron chi connectivity index (χ1n) is 3.45. The molecule has 3 nitrogen and oxygen atoms in total. The van der Waals surface area contributed by atoms with Crippen LogP contribution in [0.5, 0.6) is 0 Å². The number of aromatic nitrogens is 2. The van der Waals surface area contributed by atoms with Crippen molar-refractivity contribution in [2.75, 3.05) is 6.54 Å². The van der Waals surface area contributed by atoms with Crippen LogP contribution in [-0.2, 0) is 13.6 Å². The molecular formula is C8H11N3. The minimum atomic E-state index is 0.594. The molecular weight excluding hydrogens is 138 g/mol. The molecule has 3 heteroatoms. The first-order valence-corrected chi connectivity index (χ1v) is 3.45. The molecule has 1 aromatic rings. The van der Waals surface area contributed by atoms with Gasteiger partial charge >= 0.3 is 0 Å². The van der Waals surface area contributed by atoms with E-state index in [-0.39, 0.29) is 0 Å². The molecule has 1 heterocycles. The van der Waals surface area contributed by atoms with E-state index in [0.29, 0.717) is 6.54 Å². The summed E-state index contributed by atoms with van der Waals surface area (Å²) in [4.78, 5) is 0. The molecule has 0 radical (unpaired) electrons. The minimum Gasteiger partial charge on any atom is -0.300 e. The number of nitrogens with one attached hydrogen (secondary N) is 1. The fourth-order valence-electron chi connectivity index (χ4n) is 0.820. The molecule has 11 heavy (non-hydrogen) atoms. The summed E-state index contributed by atoms with van der Waals surface area (Å²) in [6.45, 7) is 1.33. The molecule has 0 bridgehead atoms. The summed E-state index contributed by atoms with van der Waals surface area (Å²) in [6.07, 6.45) is 6.97. The number of hydrogen-bond acceptors (Lipinski definition) is 2. The topological polar surface area (TPSA) is 29.9 Å². The van der Waals surface area contributed by atoms with Crippen molar-refractivity contribution < 1.29 is 0 Å². The lowest BCUT2D eigenvalue weighted by atomic mass is 10.4. The highest BCUT2D eigenvalue weighted by Gasteiger charge is 1.93. The van der Waals surface area contributed by atoms with Gasteiger partial charge in [0.15, 0.2) is 0 Å². The lowest BCUT2D eigenvalue weighted by Gasteiger charge is -1.94. The van der Waals surface area contributed by atoms with Crippen LogP contribution < -0.4 is 5.32 Å². The Labute approximate surface area is 66.4 Å². The molecule has 0 aliphatic rings. The van der Waals surface area contributed by atoms with E-state index in [4.69, 9.17) is 6.42 Å². The van der Waals surface area contributed by atoms with E-state index >= 15 is 0 Å². The molecule has 0 amide bonds. The number of nitrogens with zero attached hydrogens (tertiary/aromatic N) is 2. The summed E-state index contributed by atoms with van der Waals surface area (Å²) < 4.78 is 1.77. The molecule has 0 spiro atoms. The van der Waals surface area contributed by atoms with Crippen molar-refractivity contribution in [1.82, 2.24) is 15.1 Å². The second-order valence-electron chi connectivity index (χ2n) is 2.29. The van der Waals surface area contributed by atoms with Gasteiger partial charge in [0, 0.05) is 19.8 Å². The predicted octanol–water partition coefficient (Wildman–Crippen LogP) is 0.143. The number of terminal acetylenes is 1. The third kappa shape index (κ3) is 2.44. The summed E-state index contributed by atoms with van der Waals surface area (Å²) >= 11 is 0. The average Bonchev–Trinajstić information content (AvgIpc) is 2.37. The Morgan fingerprint density at radius 1 is 1.82 bits per heavy atom. The van der Waals surface area contributed by atoms with Crippen LogP contribution in [0.25, 0.3) is 0 Å². The zero-order valence-corrected chi connectivity index (χ0v) is 6.54. The van der Waals surface area contributed by atoms with Crippen molar-refractivity contribution in [1.29, 1.82) is 0 Å². The van der Waals surface area contributed by atoms with E-state index in [1.165, 1.54) is 0 Å². The van der Waals surface area contributed by atoms with E-state index in [0.717, 1.165) is 12.2 Å². The van der Waals surface area contributed by atoms with Gasteiger partial charge in [0.2, 0.25) is 0 Å². The molecule has 58 valence electrons. The SMILES string of the molecule is C#CCNCc1ccn(C)n1. The van der Waals surface area contributed by atoms with E-state index in [1.807, 2.05) is 19.3 Å². The Morgan fingerprint density at radius 2 is 2.64 bits per heavy atom. The van der Waals surface area contributed by atoms with Crippen molar-refractivity contribution in [2.24, 2.45) is 7.05 Å². The average molecular weight is 149 g/mol. The quantitative estimate of drug-likeness (QED) is 0.489. The Kier molecular flexibility index (Phi) is 2.70. The van der Waals surface area contributed by atoms with Crippen LogP contribution in [0, 0.1) is 12.3 Å². The van der Waals surface area contributed by atoms with Crippen LogP contribution in [0.3, 0.4) is 0 Å². The molecule has 0 saturated carbocycles. The third-order valence-electron chi connectivity index (χ3n) is 1.30. The van der Waals surface area contributed by atoms with E-state index in [9.17, 15) is 0 Å². The van der Waals surface area contributed by atoms with Crippen LogP contribution in [0.1, 0.15) is 5.69 Å². The summed E-state index contributed by atoms with van der Waals surface area (Å²) in [6, 6.07) is 1.96. The zero-order valence-electron chi connectivity index (χ0n) is 6.54. The molecule has 0 unspecified atom stereocenters. The maximum absolute atomic E-state index is 5.06. The molecule has 0 atom stereocenters. The van der Waals surface area contributed by atoms with Gasteiger partial charge in [-0.2, -0.15) is 5.10 Å². The first-order chi connectivity index (χ1) is 5.33. The highest BCUT2D eigenvalue weighted by molar-refractivity contribution is 4.99. The Balaban J connectivity index is 2.34. The third-order valence-corrected chi connectivity index (χ3v) is 1.30. The fourth-order valence-corrected chi connectivity index (χ4v) is 0.820. The molecule has 0 aliphatic carbocycles. The molecule has 0 fully saturated rings. The van der Waals surface area contributed by atoms with Crippen LogP contribution in [0.15, 0.2) is 12.3 Å². The normalized spacial score (nSPS) is 9.45. The second-order valence-corrected chi connectivity index (χ2v) is 2.29. The summed E-state index contributed by atoms with van der Waals surface area (Å²) in [5.41, 5.74) is 1.02. The molecule has 1 N–H and O–H groups in total. The summed E-state index contributed by atoms with van der Waals surface area (Å²) in [5.74, 6) is 2.50. The standard InChI is InChI=1S/C8H11N3/c1-3-5-9-7-8-4-6-11(2)10-8/h1,4,6,9H,5,7H2,2H3. The highest BCUT2D eigenvalue weighted by Crippen LogP contribution is 1.91. The largest absolute Gasteiger partial charge is 0.300 e. The van der Waals surface area contributed by atoms with Crippen molar-refractivity contribution in [3.05, 3.63) is 18.0 Å². The maximum Gasteiger partial charge on any atom is 0.0762 e. The smallest absolute Gasteiger partial charge is 0.0762 e. The van der Waals surface area contributed by atoms with Gasteiger partial charge in [-0.3, -0.25) is 4.68 Å². The Hall–Kier alpha value is -1.27. The van der Waals surface area contributed by atoms with Gasteiger partial charge in [-0.15, -0.1) is 6.42 Å². The van der Waals surface area contributed by atoms with Crippen molar-refractivity contribution in [3.8, 4) is 12.3 Å². The van der Waals surface area contributed by atoms with Gasteiger partial charge in [0.05, 0.1) is 12.2 Å². The van der Waals surface area contributed by atoms with Crippen LogP contribution in [0.4, 0.5) is 0 Å². The van der Waals surface area contributed by atoms with Gasteiger partial charge in [-0.25, -0.2) is 0 Å². The first kappa shape index (κ1) is 7.83. The highest BCUT2D eigenvalue weighted by atomic mass is 15.3. The van der Waals surface area contributed by atoms with Crippen molar-refractivity contribution >= 4 is 0 Å². The lowest BCUT2D eigenvalue weighted by Crippen LogP contribution is -2.13. The van der Waals surface area contributed by atoms with Gasteiger partial charge < -0.3 is 5.32 Å². The van der Waals surface area contributed by atoms with Crippen molar-refractivity contribution in [2.45, 2.75) is 6.54 Å². The molecule has 1 rings (SSSR count). The predicted molar refractivity (Wildman–Crippen MR) is 43.7 cm³/mol. The monoisotopic (exact) mass is 149 g/mol. The summed E-state index contributed by atoms with van der Waals surface area (Å²) in [5, 5.41) is 7.22.